The van der Waals surface area contributed by atoms with Gasteiger partial charge in [0.15, 0.2) is 0 Å². The third kappa shape index (κ3) is 3.03. The van der Waals surface area contributed by atoms with Crippen molar-refractivity contribution in [2.75, 3.05) is 24.3 Å². The van der Waals surface area contributed by atoms with Crippen molar-refractivity contribution in [3.63, 3.8) is 0 Å². The third-order valence-electron chi connectivity index (χ3n) is 6.44. The first-order chi connectivity index (χ1) is 15.6. The highest BCUT2D eigenvalue weighted by Gasteiger charge is 2.56. The van der Waals surface area contributed by atoms with E-state index >= 15 is 0 Å². The molecule has 1 aliphatic carbocycles. The molecular formula is C24H22N6O2. The normalized spacial score (nSPS) is 21.5. The maximum absolute atomic E-state index is 12.6. The number of nitrogens with one attached hydrogen (secondary N) is 1. The molecule has 0 unspecified atom stereocenters. The lowest BCUT2D eigenvalue weighted by Crippen LogP contribution is -2.12. The minimum atomic E-state index is -0.211. The number of fused-ring (bicyclic) bond motifs is 2. The van der Waals surface area contributed by atoms with Crippen LogP contribution in [0, 0.1) is 18.8 Å². The SMILES string of the molecule is Cc1ccnc(NC(=O)c2ccc(-c3nc([C@H]4[C@@H]5COC[C@@H]54)n4ccnc(N)c34)cc2)c1. The lowest BCUT2D eigenvalue weighted by atomic mass is 10.1. The van der Waals surface area contributed by atoms with Crippen LogP contribution in [0.15, 0.2) is 55.0 Å². The van der Waals surface area contributed by atoms with Gasteiger partial charge in [-0.3, -0.25) is 9.20 Å². The summed E-state index contributed by atoms with van der Waals surface area (Å²) in [5, 5.41) is 2.84. The van der Waals surface area contributed by atoms with Gasteiger partial charge < -0.3 is 15.8 Å². The van der Waals surface area contributed by atoms with E-state index in [2.05, 4.69) is 19.7 Å². The Balaban J connectivity index is 1.33. The molecule has 2 fully saturated rings. The minimum absolute atomic E-state index is 0.211. The second-order valence-electron chi connectivity index (χ2n) is 8.49. The molecule has 3 aromatic heterocycles. The van der Waals surface area contributed by atoms with Crippen LogP contribution in [0.25, 0.3) is 16.8 Å². The van der Waals surface area contributed by atoms with Crippen LogP contribution in [-0.4, -0.2) is 38.5 Å². The molecule has 1 saturated heterocycles. The van der Waals surface area contributed by atoms with Gasteiger partial charge in [-0.25, -0.2) is 15.0 Å². The molecule has 1 aromatic carbocycles. The Bertz CT molecular complexity index is 1340. The second-order valence-corrected chi connectivity index (χ2v) is 8.49. The summed E-state index contributed by atoms with van der Waals surface area (Å²) in [6, 6.07) is 11.1. The van der Waals surface area contributed by atoms with Gasteiger partial charge in [0.05, 0.1) is 13.2 Å². The molecule has 4 heterocycles. The molecule has 0 bridgehead atoms. The Morgan fingerprint density at radius 3 is 2.66 bits per heavy atom. The first kappa shape index (κ1) is 18.9. The summed E-state index contributed by atoms with van der Waals surface area (Å²) in [6.07, 6.45) is 5.30. The number of aromatic nitrogens is 4. The number of anilines is 2. The van der Waals surface area contributed by atoms with Gasteiger partial charge in [-0.15, -0.1) is 0 Å². The fourth-order valence-corrected chi connectivity index (χ4v) is 4.72. The maximum Gasteiger partial charge on any atom is 0.256 e. The topological polar surface area (TPSA) is 107 Å². The predicted octanol–water partition coefficient (Wildman–Crippen LogP) is 3.29. The maximum atomic E-state index is 12.6. The van der Waals surface area contributed by atoms with E-state index in [1.807, 2.05) is 37.4 Å². The molecule has 4 aromatic rings. The first-order valence-electron chi connectivity index (χ1n) is 10.6. The van der Waals surface area contributed by atoms with Gasteiger partial charge in [-0.05, 0) is 48.6 Å². The molecular weight excluding hydrogens is 404 g/mol. The number of hydrogen-bond acceptors (Lipinski definition) is 6. The number of ether oxygens (including phenoxy) is 1. The Hall–Kier alpha value is -3.78. The smallest absolute Gasteiger partial charge is 0.256 e. The number of benzene rings is 1. The number of hydrogen-bond donors (Lipinski definition) is 2. The van der Waals surface area contributed by atoms with E-state index in [0.29, 0.717) is 35.0 Å². The number of aryl methyl sites for hydroxylation is 1. The average molecular weight is 426 g/mol. The summed E-state index contributed by atoms with van der Waals surface area (Å²) >= 11 is 0. The van der Waals surface area contributed by atoms with Crippen molar-refractivity contribution in [1.29, 1.82) is 0 Å². The van der Waals surface area contributed by atoms with Gasteiger partial charge in [-0.1, -0.05) is 12.1 Å². The van der Waals surface area contributed by atoms with Gasteiger partial charge in [0.2, 0.25) is 0 Å². The van der Waals surface area contributed by atoms with Crippen LogP contribution in [0.2, 0.25) is 0 Å². The van der Waals surface area contributed by atoms with Crippen LogP contribution in [-0.2, 0) is 4.74 Å². The Kier molecular flexibility index (Phi) is 4.22. The van der Waals surface area contributed by atoms with Crippen LogP contribution in [0.5, 0.6) is 0 Å². The molecule has 3 N–H and O–H groups in total. The number of nitrogen functional groups attached to an aromatic ring is 1. The summed E-state index contributed by atoms with van der Waals surface area (Å²) in [5.41, 5.74) is 10.3. The van der Waals surface area contributed by atoms with E-state index < -0.39 is 0 Å². The summed E-state index contributed by atoms with van der Waals surface area (Å²) in [5.74, 6) is 3.22. The quantitative estimate of drug-likeness (QED) is 0.519. The predicted molar refractivity (Wildman–Crippen MR) is 120 cm³/mol. The number of amides is 1. The molecule has 6 rings (SSSR count). The van der Waals surface area contributed by atoms with Gasteiger partial charge in [0, 0.05) is 35.6 Å². The van der Waals surface area contributed by atoms with E-state index in [1.165, 1.54) is 0 Å². The highest BCUT2D eigenvalue weighted by atomic mass is 16.5. The zero-order chi connectivity index (χ0) is 21.8. The minimum Gasteiger partial charge on any atom is -0.382 e. The Morgan fingerprint density at radius 1 is 1.12 bits per heavy atom. The fraction of sp³-hybridized carbons (Fsp3) is 0.250. The third-order valence-corrected chi connectivity index (χ3v) is 6.44. The molecule has 1 saturated carbocycles. The summed E-state index contributed by atoms with van der Waals surface area (Å²) in [4.78, 5) is 26.1. The second kappa shape index (κ2) is 7.13. The van der Waals surface area contributed by atoms with E-state index in [-0.39, 0.29) is 5.91 Å². The zero-order valence-corrected chi connectivity index (χ0v) is 17.5. The molecule has 3 atom stereocenters. The Morgan fingerprint density at radius 2 is 1.91 bits per heavy atom. The van der Waals surface area contributed by atoms with Crippen molar-refractivity contribution in [3.8, 4) is 11.3 Å². The number of pyridine rings is 1. The highest BCUT2D eigenvalue weighted by Crippen LogP contribution is 2.57. The summed E-state index contributed by atoms with van der Waals surface area (Å²) in [7, 11) is 0. The number of nitrogens with two attached hydrogens (primary N) is 1. The van der Waals surface area contributed by atoms with Gasteiger partial charge >= 0.3 is 0 Å². The molecule has 8 nitrogen and oxygen atoms in total. The van der Waals surface area contributed by atoms with Crippen LogP contribution in [0.1, 0.15) is 27.7 Å². The highest BCUT2D eigenvalue weighted by molar-refractivity contribution is 6.04. The van der Waals surface area contributed by atoms with Crippen molar-refractivity contribution < 1.29 is 9.53 Å². The van der Waals surface area contributed by atoms with Crippen molar-refractivity contribution in [1.82, 2.24) is 19.4 Å². The molecule has 2 aliphatic rings. The molecule has 32 heavy (non-hydrogen) atoms. The van der Waals surface area contributed by atoms with Crippen molar-refractivity contribution in [2.45, 2.75) is 12.8 Å². The van der Waals surface area contributed by atoms with E-state index in [1.54, 1.807) is 24.5 Å². The van der Waals surface area contributed by atoms with Crippen molar-refractivity contribution in [3.05, 3.63) is 71.9 Å². The van der Waals surface area contributed by atoms with Gasteiger partial charge in [0.1, 0.15) is 28.7 Å². The Labute approximate surface area is 184 Å². The number of carbonyl (C=O) groups is 1. The van der Waals surface area contributed by atoms with Crippen LogP contribution < -0.4 is 11.1 Å². The average Bonchev–Trinajstić information content (AvgIpc) is 3.13. The standard InChI is InChI=1S/C24H22N6O2/c1-13-6-7-26-18(10-13)28-24(31)15-4-2-14(3-5-15)20-21-22(25)27-8-9-30(21)23(29-20)19-16-11-32-12-17(16)19/h2-10,16-17,19H,11-12H2,1H3,(H2,25,27)(H,26,28,31)/t16-,17+,19+. The number of nitrogens with zero attached hydrogens (tertiary/aromatic N) is 4. The molecule has 0 radical (unpaired) electrons. The summed E-state index contributed by atoms with van der Waals surface area (Å²) < 4.78 is 7.61. The van der Waals surface area contributed by atoms with Gasteiger partial charge in [-0.2, -0.15) is 0 Å². The lowest BCUT2D eigenvalue weighted by Gasteiger charge is -2.06. The number of imidazole rings is 1. The van der Waals surface area contributed by atoms with E-state index in [9.17, 15) is 4.79 Å². The fourth-order valence-electron chi connectivity index (χ4n) is 4.72. The monoisotopic (exact) mass is 426 g/mol. The first-order valence-corrected chi connectivity index (χ1v) is 10.6. The largest absolute Gasteiger partial charge is 0.382 e. The van der Waals surface area contributed by atoms with E-state index in [0.717, 1.165) is 41.4 Å². The molecule has 1 amide bonds. The van der Waals surface area contributed by atoms with E-state index in [4.69, 9.17) is 15.5 Å². The van der Waals surface area contributed by atoms with Crippen molar-refractivity contribution >= 4 is 23.1 Å². The van der Waals surface area contributed by atoms with Crippen LogP contribution >= 0.6 is 0 Å². The molecule has 0 spiro atoms. The zero-order valence-electron chi connectivity index (χ0n) is 17.5. The van der Waals surface area contributed by atoms with Crippen LogP contribution in [0.3, 0.4) is 0 Å². The molecule has 1 aliphatic heterocycles. The van der Waals surface area contributed by atoms with Crippen LogP contribution in [0.4, 0.5) is 11.6 Å². The lowest BCUT2D eigenvalue weighted by molar-refractivity contribution is 0.102. The molecule has 8 heteroatoms. The molecule has 160 valence electrons. The van der Waals surface area contributed by atoms with Gasteiger partial charge in [0.25, 0.3) is 5.91 Å². The number of carbonyl (C=O) groups excluding carboxylic acids is 1. The van der Waals surface area contributed by atoms with Crippen molar-refractivity contribution in [2.24, 2.45) is 11.8 Å². The summed E-state index contributed by atoms with van der Waals surface area (Å²) in [6.45, 7) is 3.54. The number of rotatable bonds is 4.